The van der Waals surface area contributed by atoms with Crippen molar-refractivity contribution >= 4 is 11.9 Å². The summed E-state index contributed by atoms with van der Waals surface area (Å²) < 4.78 is 0. The predicted molar refractivity (Wildman–Crippen MR) is 51.0 cm³/mol. The van der Waals surface area contributed by atoms with E-state index in [0.717, 1.165) is 0 Å². The zero-order valence-electron chi connectivity index (χ0n) is 8.29. The molecule has 0 saturated heterocycles. The molecule has 0 saturated carbocycles. The second-order valence-electron chi connectivity index (χ2n) is 3.22. The number of amides is 1. The van der Waals surface area contributed by atoms with Crippen LogP contribution in [0.3, 0.4) is 0 Å². The third-order valence-corrected chi connectivity index (χ3v) is 1.56. The van der Waals surface area contributed by atoms with E-state index in [-0.39, 0.29) is 23.3 Å². The van der Waals surface area contributed by atoms with Crippen LogP contribution in [0, 0.1) is 0 Å². The Bertz CT molecular complexity index is 397. The van der Waals surface area contributed by atoms with Gasteiger partial charge in [0.1, 0.15) is 5.69 Å². The lowest BCUT2D eigenvalue weighted by Crippen LogP contribution is -2.21. The van der Waals surface area contributed by atoms with Gasteiger partial charge in [0.05, 0.1) is 0 Å². The molecule has 1 rings (SSSR count). The number of carbonyl (C=O) groups is 1. The topological polar surface area (TPSA) is 87.7 Å². The molecule has 6 heteroatoms. The van der Waals surface area contributed by atoms with Crippen molar-refractivity contribution in [2.24, 2.45) is 0 Å². The van der Waals surface area contributed by atoms with Crippen LogP contribution in [0.1, 0.15) is 32.4 Å². The fourth-order valence-corrected chi connectivity index (χ4v) is 0.947. The summed E-state index contributed by atoms with van der Waals surface area (Å²) in [6.45, 7) is 5.02. The van der Waals surface area contributed by atoms with Crippen molar-refractivity contribution in [2.75, 3.05) is 5.32 Å². The molecule has 76 valence electrons. The minimum absolute atomic E-state index is 0.0117. The number of anilines is 1. The van der Waals surface area contributed by atoms with Gasteiger partial charge in [-0.3, -0.25) is 19.9 Å². The second-order valence-corrected chi connectivity index (χ2v) is 3.22. The lowest BCUT2D eigenvalue weighted by atomic mass is 10.1. The largest absolute Gasteiger partial charge is 0.295 e. The molecule has 0 radical (unpaired) electrons. The third kappa shape index (κ3) is 2.38. The maximum absolute atomic E-state index is 11.4. The van der Waals surface area contributed by atoms with Crippen molar-refractivity contribution in [3.05, 3.63) is 16.0 Å². The standard InChI is InChI=1S/C8H12N4O2/c1-4(2)6-7(14)10-8(12-11-6)9-5(3)13/h4H,1-3H3,(H2,9,10,12,13,14). The highest BCUT2D eigenvalue weighted by atomic mass is 16.2. The van der Waals surface area contributed by atoms with Crippen LogP contribution >= 0.6 is 0 Å². The lowest BCUT2D eigenvalue weighted by Gasteiger charge is -2.03. The summed E-state index contributed by atoms with van der Waals surface area (Å²) in [6, 6.07) is 0. The first-order chi connectivity index (χ1) is 6.50. The Labute approximate surface area is 80.8 Å². The van der Waals surface area contributed by atoms with Gasteiger partial charge in [0.25, 0.3) is 5.56 Å². The molecule has 6 nitrogen and oxygen atoms in total. The SMILES string of the molecule is CC(=O)Nc1nnc(C(C)C)c(=O)[nH]1. The van der Waals surface area contributed by atoms with Gasteiger partial charge in [0.2, 0.25) is 11.9 Å². The minimum Gasteiger partial charge on any atom is -0.295 e. The maximum Gasteiger partial charge on any atom is 0.274 e. The molecule has 1 aromatic rings. The Balaban J connectivity index is 3.01. The number of aromatic amines is 1. The first-order valence-electron chi connectivity index (χ1n) is 4.25. The number of nitrogens with one attached hydrogen (secondary N) is 2. The summed E-state index contributed by atoms with van der Waals surface area (Å²) in [4.78, 5) is 24.4. The van der Waals surface area contributed by atoms with Gasteiger partial charge < -0.3 is 0 Å². The molecule has 1 amide bonds. The molecule has 0 spiro atoms. The van der Waals surface area contributed by atoms with E-state index in [1.165, 1.54) is 6.92 Å². The van der Waals surface area contributed by atoms with Gasteiger partial charge in [0, 0.05) is 12.8 Å². The highest BCUT2D eigenvalue weighted by Crippen LogP contribution is 2.04. The van der Waals surface area contributed by atoms with Gasteiger partial charge in [-0.25, -0.2) is 0 Å². The monoisotopic (exact) mass is 196 g/mol. The molecule has 0 atom stereocenters. The Kier molecular flexibility index (Phi) is 2.95. The van der Waals surface area contributed by atoms with E-state index in [4.69, 9.17) is 0 Å². The summed E-state index contributed by atoms with van der Waals surface area (Å²) in [5.41, 5.74) is 0.0397. The normalized spacial score (nSPS) is 10.3. The van der Waals surface area contributed by atoms with Gasteiger partial charge in [-0.2, -0.15) is 0 Å². The van der Waals surface area contributed by atoms with Crippen LogP contribution in [0.15, 0.2) is 4.79 Å². The molecule has 0 fully saturated rings. The Hall–Kier alpha value is -1.72. The zero-order chi connectivity index (χ0) is 10.7. The van der Waals surface area contributed by atoms with E-state index < -0.39 is 0 Å². The van der Waals surface area contributed by atoms with Crippen LogP contribution < -0.4 is 10.9 Å². The van der Waals surface area contributed by atoms with Gasteiger partial charge >= 0.3 is 0 Å². The van der Waals surface area contributed by atoms with E-state index in [0.29, 0.717) is 5.69 Å². The number of hydrogen-bond donors (Lipinski definition) is 2. The average Bonchev–Trinajstić information content (AvgIpc) is 2.01. The highest BCUT2D eigenvalue weighted by Gasteiger charge is 2.08. The number of H-pyrrole nitrogens is 1. The minimum atomic E-state index is -0.321. The number of hydrogen-bond acceptors (Lipinski definition) is 4. The fourth-order valence-electron chi connectivity index (χ4n) is 0.947. The number of carbonyl (C=O) groups excluding carboxylic acids is 1. The quantitative estimate of drug-likeness (QED) is 0.709. The van der Waals surface area contributed by atoms with E-state index in [1.54, 1.807) is 0 Å². The van der Waals surface area contributed by atoms with E-state index in [9.17, 15) is 9.59 Å². The van der Waals surface area contributed by atoms with Crippen LogP contribution in [-0.4, -0.2) is 21.1 Å². The molecule has 2 N–H and O–H groups in total. The first-order valence-corrected chi connectivity index (χ1v) is 4.25. The zero-order valence-corrected chi connectivity index (χ0v) is 8.29. The molecule has 1 heterocycles. The second kappa shape index (κ2) is 3.99. The Morgan fingerprint density at radius 1 is 1.43 bits per heavy atom. The van der Waals surface area contributed by atoms with Crippen molar-refractivity contribution in [3.8, 4) is 0 Å². The summed E-state index contributed by atoms with van der Waals surface area (Å²) in [6.07, 6.45) is 0. The molecule has 1 aromatic heterocycles. The molecule has 14 heavy (non-hydrogen) atoms. The maximum atomic E-state index is 11.4. The van der Waals surface area contributed by atoms with Crippen molar-refractivity contribution < 1.29 is 4.79 Å². The third-order valence-electron chi connectivity index (χ3n) is 1.56. The average molecular weight is 196 g/mol. The predicted octanol–water partition coefficient (Wildman–Crippen LogP) is 0.247. The van der Waals surface area contributed by atoms with Crippen molar-refractivity contribution in [2.45, 2.75) is 26.7 Å². The summed E-state index contributed by atoms with van der Waals surface area (Å²) >= 11 is 0. The molecule has 0 bridgehead atoms. The van der Waals surface area contributed by atoms with Gasteiger partial charge in [0.15, 0.2) is 0 Å². The molecule has 0 aromatic carbocycles. The van der Waals surface area contributed by atoms with E-state index >= 15 is 0 Å². The van der Waals surface area contributed by atoms with Gasteiger partial charge in [-0.1, -0.05) is 13.8 Å². The van der Waals surface area contributed by atoms with Crippen molar-refractivity contribution in [1.82, 2.24) is 15.2 Å². The van der Waals surface area contributed by atoms with Crippen molar-refractivity contribution in [1.29, 1.82) is 0 Å². The summed E-state index contributed by atoms with van der Waals surface area (Å²) in [5, 5.41) is 9.73. The molecular weight excluding hydrogens is 184 g/mol. The summed E-state index contributed by atoms with van der Waals surface area (Å²) in [5.74, 6) is -0.211. The van der Waals surface area contributed by atoms with E-state index in [1.807, 2.05) is 13.8 Å². The molecule has 0 unspecified atom stereocenters. The summed E-state index contributed by atoms with van der Waals surface area (Å²) in [7, 11) is 0. The van der Waals surface area contributed by atoms with Crippen LogP contribution in [0.4, 0.5) is 5.95 Å². The van der Waals surface area contributed by atoms with Gasteiger partial charge in [-0.05, 0) is 0 Å². The Morgan fingerprint density at radius 2 is 2.07 bits per heavy atom. The molecular formula is C8H12N4O2. The fraction of sp³-hybridized carbons (Fsp3) is 0.500. The van der Waals surface area contributed by atoms with Crippen LogP contribution in [0.5, 0.6) is 0 Å². The smallest absolute Gasteiger partial charge is 0.274 e. The van der Waals surface area contributed by atoms with Crippen LogP contribution in [0.2, 0.25) is 0 Å². The van der Waals surface area contributed by atoms with Gasteiger partial charge in [-0.15, -0.1) is 10.2 Å². The van der Waals surface area contributed by atoms with Crippen LogP contribution in [0.25, 0.3) is 0 Å². The lowest BCUT2D eigenvalue weighted by molar-refractivity contribution is -0.114. The molecule has 0 aliphatic heterocycles. The molecule has 0 aliphatic carbocycles. The van der Waals surface area contributed by atoms with Crippen LogP contribution in [-0.2, 0) is 4.79 Å². The highest BCUT2D eigenvalue weighted by molar-refractivity contribution is 5.86. The number of rotatable bonds is 2. The molecule has 0 aliphatic rings. The number of aromatic nitrogens is 3. The van der Waals surface area contributed by atoms with E-state index in [2.05, 4.69) is 20.5 Å². The van der Waals surface area contributed by atoms with Crippen molar-refractivity contribution in [3.63, 3.8) is 0 Å². The Morgan fingerprint density at radius 3 is 2.50 bits per heavy atom. The number of nitrogens with zero attached hydrogens (tertiary/aromatic N) is 2. The first kappa shape index (κ1) is 10.4.